The maximum absolute atomic E-state index is 13.7. The molecule has 1 unspecified atom stereocenters. The van der Waals surface area contributed by atoms with E-state index in [-0.39, 0.29) is 24.4 Å². The summed E-state index contributed by atoms with van der Waals surface area (Å²) in [5, 5.41) is 22.0. The molecule has 5 rings (SSSR count). The summed E-state index contributed by atoms with van der Waals surface area (Å²) in [6.45, 7) is 7.07. The first kappa shape index (κ1) is 23.0. The standard InChI is InChI=1S/C26H30O8/c1-23(2)16(9-18(27)28)25(4)15-5-7-24(3)17(26(15,32)11-14(20(23)30)21(25)31)10-19(29)34-22(24)13-6-8-33-12-13/h6,8,10,12,14-16,22,32H,5,7,9,11H2,1-4H3,(H,27,28)/t14-,15?,16-,22-,24+,25-,26-/m0/s1. The number of ether oxygens (including phenoxy) is 1. The van der Waals surface area contributed by atoms with Gasteiger partial charge in [0.05, 0.1) is 30.5 Å². The van der Waals surface area contributed by atoms with Gasteiger partial charge in [0.15, 0.2) is 0 Å². The molecule has 8 nitrogen and oxygen atoms in total. The number of cyclic esters (lactones) is 1. The maximum Gasteiger partial charge on any atom is 0.331 e. The van der Waals surface area contributed by atoms with Crippen LogP contribution in [0.1, 0.15) is 65.0 Å². The van der Waals surface area contributed by atoms with E-state index in [1.807, 2.05) is 6.92 Å². The second kappa shape index (κ2) is 6.90. The number of furan rings is 1. The molecule has 1 aromatic heterocycles. The van der Waals surface area contributed by atoms with Gasteiger partial charge in [0.1, 0.15) is 17.7 Å². The van der Waals surface area contributed by atoms with Crippen molar-refractivity contribution in [3.05, 3.63) is 35.8 Å². The average Bonchev–Trinajstić information content (AvgIpc) is 3.28. The van der Waals surface area contributed by atoms with Gasteiger partial charge in [-0.05, 0) is 36.8 Å². The van der Waals surface area contributed by atoms with Gasteiger partial charge in [0.2, 0.25) is 0 Å². The van der Waals surface area contributed by atoms with Crippen LogP contribution in [0.5, 0.6) is 0 Å². The molecular formula is C26H30O8. The van der Waals surface area contributed by atoms with Gasteiger partial charge in [-0.3, -0.25) is 14.4 Å². The molecule has 7 atom stereocenters. The molecule has 1 aromatic rings. The van der Waals surface area contributed by atoms with Crippen LogP contribution < -0.4 is 0 Å². The Morgan fingerprint density at radius 2 is 1.85 bits per heavy atom. The average molecular weight is 471 g/mol. The number of carboxylic acid groups (broad SMARTS) is 1. The van der Waals surface area contributed by atoms with Gasteiger partial charge >= 0.3 is 11.9 Å². The lowest BCUT2D eigenvalue weighted by atomic mass is 9.37. The summed E-state index contributed by atoms with van der Waals surface area (Å²) < 4.78 is 10.9. The van der Waals surface area contributed by atoms with E-state index in [9.17, 15) is 29.4 Å². The molecule has 3 saturated carbocycles. The van der Waals surface area contributed by atoms with Gasteiger partial charge in [-0.1, -0.05) is 27.7 Å². The monoisotopic (exact) mass is 470 g/mol. The molecule has 34 heavy (non-hydrogen) atoms. The minimum Gasteiger partial charge on any atom is -0.481 e. The van der Waals surface area contributed by atoms with Gasteiger partial charge in [-0.15, -0.1) is 0 Å². The second-order valence-corrected chi connectivity index (χ2v) is 11.5. The van der Waals surface area contributed by atoms with Gasteiger partial charge < -0.3 is 19.4 Å². The van der Waals surface area contributed by atoms with Crippen LogP contribution in [0.15, 0.2) is 34.7 Å². The summed E-state index contributed by atoms with van der Waals surface area (Å²) in [4.78, 5) is 51.8. The fourth-order valence-corrected chi connectivity index (χ4v) is 7.96. The third-order valence-electron chi connectivity index (χ3n) is 9.54. The number of ketones is 2. The highest BCUT2D eigenvalue weighted by Gasteiger charge is 2.73. The number of fused-ring (bicyclic) bond motifs is 6. The van der Waals surface area contributed by atoms with E-state index in [0.717, 1.165) is 0 Å². The number of carboxylic acids is 1. The van der Waals surface area contributed by atoms with Crippen LogP contribution in [-0.2, 0) is 23.9 Å². The molecule has 2 bridgehead atoms. The molecule has 2 heterocycles. The van der Waals surface area contributed by atoms with Crippen molar-refractivity contribution in [2.24, 2.45) is 34.0 Å². The Morgan fingerprint density at radius 1 is 1.15 bits per heavy atom. The summed E-state index contributed by atoms with van der Waals surface area (Å²) in [6.07, 6.45) is 4.11. The molecule has 0 spiro atoms. The molecule has 1 aliphatic heterocycles. The summed E-state index contributed by atoms with van der Waals surface area (Å²) in [5.41, 5.74) is -3.53. The highest BCUT2D eigenvalue weighted by atomic mass is 16.5. The van der Waals surface area contributed by atoms with Crippen LogP contribution in [0, 0.1) is 34.0 Å². The zero-order valence-corrected chi connectivity index (χ0v) is 19.8. The van der Waals surface area contributed by atoms with E-state index in [4.69, 9.17) is 9.15 Å². The normalized spacial score (nSPS) is 42.9. The minimum atomic E-state index is -1.62. The second-order valence-electron chi connectivity index (χ2n) is 11.5. The van der Waals surface area contributed by atoms with Gasteiger partial charge in [-0.25, -0.2) is 4.79 Å². The first-order valence-corrected chi connectivity index (χ1v) is 11.8. The number of hydrogen-bond donors (Lipinski definition) is 2. The summed E-state index contributed by atoms with van der Waals surface area (Å²) >= 11 is 0. The highest BCUT2D eigenvalue weighted by Crippen LogP contribution is 2.69. The number of carbonyl (C=O) groups excluding carboxylic acids is 3. The number of hydrogen-bond acceptors (Lipinski definition) is 7. The first-order valence-electron chi connectivity index (χ1n) is 11.8. The molecule has 3 fully saturated rings. The lowest BCUT2D eigenvalue weighted by Crippen LogP contribution is -2.72. The van der Waals surface area contributed by atoms with Crippen molar-refractivity contribution in [2.75, 3.05) is 0 Å². The number of rotatable bonds is 3. The fraction of sp³-hybridized carbons (Fsp3) is 0.615. The van der Waals surface area contributed by atoms with Crippen molar-refractivity contribution < 1.29 is 38.5 Å². The minimum absolute atomic E-state index is 0.110. The molecule has 0 amide bonds. The number of esters is 1. The Kier molecular flexibility index (Phi) is 4.67. The van der Waals surface area contributed by atoms with Crippen LogP contribution in [0.4, 0.5) is 0 Å². The smallest absolute Gasteiger partial charge is 0.331 e. The third kappa shape index (κ3) is 2.69. The zero-order chi connectivity index (χ0) is 24.8. The van der Waals surface area contributed by atoms with Crippen LogP contribution in [0.2, 0.25) is 0 Å². The van der Waals surface area contributed by atoms with Crippen LogP contribution in [0.25, 0.3) is 0 Å². The largest absolute Gasteiger partial charge is 0.481 e. The fourth-order valence-electron chi connectivity index (χ4n) is 7.96. The van der Waals surface area contributed by atoms with E-state index in [2.05, 4.69) is 0 Å². The van der Waals surface area contributed by atoms with Crippen molar-refractivity contribution in [3.63, 3.8) is 0 Å². The Morgan fingerprint density at radius 3 is 2.47 bits per heavy atom. The van der Waals surface area contributed by atoms with E-state index < -0.39 is 57.6 Å². The van der Waals surface area contributed by atoms with E-state index in [1.165, 1.54) is 18.6 Å². The quantitative estimate of drug-likeness (QED) is 0.508. The Balaban J connectivity index is 1.69. The molecule has 3 aliphatic carbocycles. The molecule has 8 heteroatoms. The number of Topliss-reactive ketones (excluding diaryl/α,β-unsaturated/α-hetero) is 2. The van der Waals surface area contributed by atoms with E-state index in [0.29, 0.717) is 24.0 Å². The Labute approximate surface area is 197 Å². The lowest BCUT2D eigenvalue weighted by molar-refractivity contribution is -0.206. The van der Waals surface area contributed by atoms with E-state index >= 15 is 0 Å². The van der Waals surface area contributed by atoms with Crippen molar-refractivity contribution in [1.29, 1.82) is 0 Å². The molecule has 0 radical (unpaired) electrons. The highest BCUT2D eigenvalue weighted by molar-refractivity contribution is 6.11. The zero-order valence-electron chi connectivity index (χ0n) is 19.8. The third-order valence-corrected chi connectivity index (χ3v) is 9.54. The summed E-state index contributed by atoms with van der Waals surface area (Å²) in [6, 6.07) is 1.72. The molecular weight excluding hydrogens is 440 g/mol. The van der Waals surface area contributed by atoms with Crippen LogP contribution in [-0.4, -0.2) is 39.3 Å². The SMILES string of the molecule is CC1(C)C(=O)[C@@H]2C[C@@]3(O)C4=CC(=O)O[C@@H](c5ccoc5)[C@]4(C)CCC3[C@](C)(C2=O)[C@H]1CC(=O)O. The van der Waals surface area contributed by atoms with Crippen molar-refractivity contribution in [2.45, 2.75) is 65.1 Å². The van der Waals surface area contributed by atoms with Gasteiger partial charge in [0, 0.05) is 33.8 Å². The van der Waals surface area contributed by atoms with Crippen LogP contribution >= 0.6 is 0 Å². The summed E-state index contributed by atoms with van der Waals surface area (Å²) in [7, 11) is 0. The van der Waals surface area contributed by atoms with E-state index in [1.54, 1.807) is 26.8 Å². The predicted octanol–water partition coefficient (Wildman–Crippen LogP) is 3.25. The van der Waals surface area contributed by atoms with Crippen molar-refractivity contribution in [1.82, 2.24) is 0 Å². The van der Waals surface area contributed by atoms with Crippen LogP contribution in [0.3, 0.4) is 0 Å². The Hall–Kier alpha value is -2.74. The number of carbonyl (C=O) groups is 4. The molecule has 4 aliphatic rings. The molecule has 0 aromatic carbocycles. The predicted molar refractivity (Wildman–Crippen MR) is 117 cm³/mol. The molecule has 2 N–H and O–H groups in total. The molecule has 182 valence electrons. The summed E-state index contributed by atoms with van der Waals surface area (Å²) in [5.74, 6) is -4.79. The van der Waals surface area contributed by atoms with Gasteiger partial charge in [-0.2, -0.15) is 0 Å². The topological polar surface area (TPSA) is 131 Å². The lowest BCUT2D eigenvalue weighted by Gasteiger charge is -2.66. The van der Waals surface area contributed by atoms with Crippen molar-refractivity contribution >= 4 is 23.5 Å². The molecule has 0 saturated heterocycles. The van der Waals surface area contributed by atoms with Gasteiger partial charge in [0.25, 0.3) is 0 Å². The number of aliphatic carboxylic acids is 1. The first-order chi connectivity index (χ1) is 15.8. The number of aliphatic hydroxyl groups is 1. The maximum atomic E-state index is 13.7. The Bertz CT molecular complexity index is 1130. The van der Waals surface area contributed by atoms with Crippen molar-refractivity contribution in [3.8, 4) is 0 Å².